The highest BCUT2D eigenvalue weighted by Gasteiger charge is 2.14. The first-order valence-corrected chi connectivity index (χ1v) is 9.77. The topological polar surface area (TPSA) is 56.7 Å². The van der Waals surface area contributed by atoms with Crippen molar-refractivity contribution in [2.24, 2.45) is 5.73 Å². The van der Waals surface area contributed by atoms with E-state index in [2.05, 4.69) is 37.1 Å². The molecule has 0 bridgehead atoms. The van der Waals surface area contributed by atoms with E-state index in [1.165, 1.54) is 68.1 Å². The molecule has 0 aliphatic carbocycles. The Hall–Kier alpha value is -1.42. The Kier molecular flexibility index (Phi) is 7.70. The number of hydrogen-bond acceptors (Lipinski definition) is 3. The second-order valence-corrected chi connectivity index (χ2v) is 6.90. The lowest BCUT2D eigenvalue weighted by Gasteiger charge is -2.14. The van der Waals surface area contributed by atoms with Crippen LogP contribution in [0.15, 0.2) is 6.07 Å². The Morgan fingerprint density at radius 3 is 2.33 bits per heavy atom. The minimum absolute atomic E-state index is 0.390. The Morgan fingerprint density at radius 2 is 1.62 bits per heavy atom. The summed E-state index contributed by atoms with van der Waals surface area (Å²) in [5.41, 5.74) is 12.2. The lowest BCUT2D eigenvalue weighted by atomic mass is 9.92. The smallest absolute Gasteiger partial charge is 0.116 e. The SMILES string of the molecule is CCCCCCCc1cc2c(nnn2CN)c(C)c1CCCCC. The van der Waals surface area contributed by atoms with E-state index in [-0.39, 0.29) is 0 Å². The van der Waals surface area contributed by atoms with E-state index in [0.29, 0.717) is 6.67 Å². The van der Waals surface area contributed by atoms with Gasteiger partial charge < -0.3 is 5.73 Å². The molecule has 24 heavy (non-hydrogen) atoms. The minimum Gasteiger partial charge on any atom is -0.312 e. The van der Waals surface area contributed by atoms with Crippen molar-refractivity contribution in [2.75, 3.05) is 0 Å². The number of fused-ring (bicyclic) bond motifs is 1. The van der Waals surface area contributed by atoms with Gasteiger partial charge in [-0.2, -0.15) is 0 Å². The number of unbranched alkanes of at least 4 members (excludes halogenated alkanes) is 6. The molecule has 0 aliphatic heterocycles. The second kappa shape index (κ2) is 9.77. The maximum Gasteiger partial charge on any atom is 0.116 e. The Bertz CT molecular complexity index is 630. The molecule has 1 aromatic heterocycles. The molecule has 0 fully saturated rings. The van der Waals surface area contributed by atoms with Crippen LogP contribution >= 0.6 is 0 Å². The molecule has 0 aliphatic rings. The lowest BCUT2D eigenvalue weighted by molar-refractivity contribution is 0.624. The normalized spacial score (nSPS) is 11.5. The van der Waals surface area contributed by atoms with Crippen molar-refractivity contribution in [3.05, 3.63) is 22.8 Å². The maximum absolute atomic E-state index is 5.81. The summed E-state index contributed by atoms with van der Waals surface area (Å²) in [6.07, 6.45) is 12.7. The summed E-state index contributed by atoms with van der Waals surface area (Å²) < 4.78 is 1.82. The molecular weight excluding hydrogens is 296 g/mol. The van der Waals surface area contributed by atoms with Crippen molar-refractivity contribution in [2.45, 2.75) is 91.6 Å². The van der Waals surface area contributed by atoms with Gasteiger partial charge in [0.15, 0.2) is 0 Å². The molecule has 0 saturated carbocycles. The van der Waals surface area contributed by atoms with E-state index < -0.39 is 0 Å². The van der Waals surface area contributed by atoms with E-state index in [1.54, 1.807) is 0 Å². The maximum atomic E-state index is 5.81. The molecule has 0 spiro atoms. The van der Waals surface area contributed by atoms with Gasteiger partial charge in [-0.05, 0) is 55.4 Å². The Morgan fingerprint density at radius 1 is 0.958 bits per heavy atom. The van der Waals surface area contributed by atoms with Crippen LogP contribution in [-0.2, 0) is 19.5 Å². The monoisotopic (exact) mass is 330 g/mol. The van der Waals surface area contributed by atoms with Crippen molar-refractivity contribution in [1.29, 1.82) is 0 Å². The van der Waals surface area contributed by atoms with Crippen LogP contribution in [-0.4, -0.2) is 15.0 Å². The highest BCUT2D eigenvalue weighted by atomic mass is 15.4. The van der Waals surface area contributed by atoms with E-state index >= 15 is 0 Å². The van der Waals surface area contributed by atoms with E-state index in [0.717, 1.165) is 23.9 Å². The number of benzene rings is 1. The third kappa shape index (κ3) is 4.56. The van der Waals surface area contributed by atoms with Gasteiger partial charge in [-0.15, -0.1) is 5.10 Å². The molecule has 0 atom stereocenters. The summed E-state index contributed by atoms with van der Waals surface area (Å²) in [5, 5.41) is 8.59. The van der Waals surface area contributed by atoms with Crippen LogP contribution in [0.2, 0.25) is 0 Å². The van der Waals surface area contributed by atoms with Crippen LogP contribution in [0.5, 0.6) is 0 Å². The van der Waals surface area contributed by atoms with Crippen molar-refractivity contribution >= 4 is 11.0 Å². The van der Waals surface area contributed by atoms with Gasteiger partial charge >= 0.3 is 0 Å². The Balaban J connectivity index is 2.23. The first-order valence-electron chi connectivity index (χ1n) is 9.77. The van der Waals surface area contributed by atoms with Gasteiger partial charge in [-0.25, -0.2) is 4.68 Å². The summed E-state index contributed by atoms with van der Waals surface area (Å²) in [7, 11) is 0. The standard InChI is InChI=1S/C20H34N4/c1-4-6-8-9-11-12-17-14-19-20(22-23-24(19)15-21)16(3)18(17)13-10-7-5-2/h14H,4-13,15,21H2,1-3H3. The zero-order valence-corrected chi connectivity index (χ0v) is 15.8. The molecule has 0 amide bonds. The summed E-state index contributed by atoms with van der Waals surface area (Å²) in [6.45, 7) is 7.13. The molecule has 2 rings (SSSR count). The number of rotatable bonds is 11. The number of nitrogens with zero attached hydrogens (tertiary/aromatic N) is 3. The molecule has 4 nitrogen and oxygen atoms in total. The molecule has 4 heteroatoms. The van der Waals surface area contributed by atoms with E-state index in [1.807, 2.05) is 4.68 Å². The van der Waals surface area contributed by atoms with Crippen LogP contribution in [0.3, 0.4) is 0 Å². The van der Waals surface area contributed by atoms with Crippen molar-refractivity contribution in [3.8, 4) is 0 Å². The number of nitrogens with two attached hydrogens (primary N) is 1. The fourth-order valence-corrected chi connectivity index (χ4v) is 3.54. The minimum atomic E-state index is 0.390. The highest BCUT2D eigenvalue weighted by Crippen LogP contribution is 2.27. The predicted octanol–water partition coefficient (Wildman–Crippen LogP) is 4.90. The van der Waals surface area contributed by atoms with E-state index in [4.69, 9.17) is 5.73 Å². The molecule has 2 aromatic rings. The third-order valence-electron chi connectivity index (χ3n) is 5.03. The van der Waals surface area contributed by atoms with Gasteiger partial charge in [0.1, 0.15) is 5.52 Å². The zero-order chi connectivity index (χ0) is 17.4. The fraction of sp³-hybridized carbons (Fsp3) is 0.700. The van der Waals surface area contributed by atoms with Crippen LogP contribution in [0, 0.1) is 6.92 Å². The van der Waals surface area contributed by atoms with Crippen LogP contribution in [0.4, 0.5) is 0 Å². The molecule has 2 N–H and O–H groups in total. The molecule has 0 unspecified atom stereocenters. The van der Waals surface area contributed by atoms with Gasteiger partial charge in [-0.3, -0.25) is 0 Å². The predicted molar refractivity (Wildman–Crippen MR) is 102 cm³/mol. The first kappa shape index (κ1) is 18.9. The van der Waals surface area contributed by atoms with Crippen LogP contribution in [0.1, 0.15) is 81.9 Å². The zero-order valence-electron chi connectivity index (χ0n) is 15.8. The van der Waals surface area contributed by atoms with Gasteiger partial charge in [0.2, 0.25) is 0 Å². The highest BCUT2D eigenvalue weighted by molar-refractivity contribution is 5.80. The molecule has 0 radical (unpaired) electrons. The molecule has 1 aromatic carbocycles. The Labute approximate surface area is 146 Å². The fourth-order valence-electron chi connectivity index (χ4n) is 3.54. The first-order chi connectivity index (χ1) is 11.7. The van der Waals surface area contributed by atoms with Crippen LogP contribution in [0.25, 0.3) is 11.0 Å². The third-order valence-corrected chi connectivity index (χ3v) is 5.03. The van der Waals surface area contributed by atoms with E-state index in [9.17, 15) is 0 Å². The summed E-state index contributed by atoms with van der Waals surface area (Å²) in [5.74, 6) is 0. The van der Waals surface area contributed by atoms with Gasteiger partial charge in [0.25, 0.3) is 0 Å². The summed E-state index contributed by atoms with van der Waals surface area (Å²) in [4.78, 5) is 0. The summed E-state index contributed by atoms with van der Waals surface area (Å²) >= 11 is 0. The second-order valence-electron chi connectivity index (χ2n) is 6.90. The van der Waals surface area contributed by atoms with Gasteiger partial charge in [0, 0.05) is 0 Å². The average molecular weight is 331 g/mol. The molecule has 134 valence electrons. The lowest BCUT2D eigenvalue weighted by Crippen LogP contribution is -2.09. The molecule has 1 heterocycles. The average Bonchev–Trinajstić information content (AvgIpc) is 3.00. The van der Waals surface area contributed by atoms with Crippen molar-refractivity contribution in [1.82, 2.24) is 15.0 Å². The van der Waals surface area contributed by atoms with Crippen molar-refractivity contribution in [3.63, 3.8) is 0 Å². The van der Waals surface area contributed by atoms with Crippen molar-refractivity contribution < 1.29 is 0 Å². The number of aromatic nitrogens is 3. The largest absolute Gasteiger partial charge is 0.312 e. The number of hydrogen-bond donors (Lipinski definition) is 1. The van der Waals surface area contributed by atoms with Gasteiger partial charge in [-0.1, -0.05) is 57.6 Å². The van der Waals surface area contributed by atoms with Gasteiger partial charge in [0.05, 0.1) is 12.2 Å². The molecule has 0 saturated heterocycles. The quantitative estimate of drug-likeness (QED) is 0.596. The van der Waals surface area contributed by atoms with Crippen LogP contribution < -0.4 is 5.73 Å². The number of aryl methyl sites for hydroxylation is 2. The summed E-state index contributed by atoms with van der Waals surface area (Å²) in [6, 6.07) is 2.30. The molecular formula is C20H34N4.